The van der Waals surface area contributed by atoms with E-state index in [4.69, 9.17) is 23.2 Å². The summed E-state index contributed by atoms with van der Waals surface area (Å²) < 4.78 is 12.9. The van der Waals surface area contributed by atoms with Gasteiger partial charge < -0.3 is 0 Å². The SMILES string of the molecule is Fc1cccc(-c2nc(Cl)cc(Cl)n2)c1. The third-order valence-electron chi connectivity index (χ3n) is 1.75. The molecule has 0 aliphatic rings. The molecule has 2 rings (SSSR count). The van der Waals surface area contributed by atoms with Gasteiger partial charge in [-0.2, -0.15) is 0 Å². The van der Waals surface area contributed by atoms with E-state index in [1.54, 1.807) is 12.1 Å². The van der Waals surface area contributed by atoms with Gasteiger partial charge in [0.1, 0.15) is 16.1 Å². The highest BCUT2D eigenvalue weighted by Crippen LogP contribution is 2.20. The summed E-state index contributed by atoms with van der Waals surface area (Å²) in [7, 11) is 0. The molecule has 76 valence electrons. The van der Waals surface area contributed by atoms with Crippen LogP contribution in [0.3, 0.4) is 0 Å². The van der Waals surface area contributed by atoms with Gasteiger partial charge in [-0.1, -0.05) is 35.3 Å². The molecule has 0 fully saturated rings. The summed E-state index contributed by atoms with van der Waals surface area (Å²) >= 11 is 11.4. The van der Waals surface area contributed by atoms with Gasteiger partial charge >= 0.3 is 0 Å². The van der Waals surface area contributed by atoms with Gasteiger partial charge in [0.15, 0.2) is 5.82 Å². The van der Waals surface area contributed by atoms with Gasteiger partial charge in [-0.15, -0.1) is 0 Å². The molecule has 2 nitrogen and oxygen atoms in total. The first-order valence-electron chi connectivity index (χ1n) is 4.11. The molecule has 0 saturated carbocycles. The van der Waals surface area contributed by atoms with Crippen LogP contribution in [0, 0.1) is 5.82 Å². The molecule has 2 aromatic rings. The second kappa shape index (κ2) is 4.13. The molecule has 5 heteroatoms. The minimum atomic E-state index is -0.354. The highest BCUT2D eigenvalue weighted by atomic mass is 35.5. The van der Waals surface area contributed by atoms with Crippen molar-refractivity contribution in [2.24, 2.45) is 0 Å². The van der Waals surface area contributed by atoms with Crippen LogP contribution in [0.2, 0.25) is 10.3 Å². The minimum Gasteiger partial charge on any atom is -0.216 e. The Morgan fingerprint density at radius 3 is 2.27 bits per heavy atom. The lowest BCUT2D eigenvalue weighted by molar-refractivity contribution is 0.628. The van der Waals surface area contributed by atoms with E-state index in [1.165, 1.54) is 18.2 Å². The third-order valence-corrected chi connectivity index (χ3v) is 2.13. The summed E-state index contributed by atoms with van der Waals surface area (Å²) in [5.74, 6) is -0.0424. The Hall–Kier alpha value is -1.19. The maximum atomic E-state index is 12.9. The fourth-order valence-electron chi connectivity index (χ4n) is 1.15. The van der Waals surface area contributed by atoms with Crippen molar-refractivity contribution in [1.82, 2.24) is 9.97 Å². The predicted molar refractivity (Wildman–Crippen MR) is 57.4 cm³/mol. The first kappa shape index (κ1) is 10.3. The maximum absolute atomic E-state index is 12.9. The van der Waals surface area contributed by atoms with E-state index >= 15 is 0 Å². The summed E-state index contributed by atoms with van der Waals surface area (Å²) in [5.41, 5.74) is 0.541. The smallest absolute Gasteiger partial charge is 0.162 e. The number of rotatable bonds is 1. The van der Waals surface area contributed by atoms with Crippen LogP contribution in [0.15, 0.2) is 30.3 Å². The van der Waals surface area contributed by atoms with Gasteiger partial charge in [0.05, 0.1) is 0 Å². The largest absolute Gasteiger partial charge is 0.216 e. The van der Waals surface area contributed by atoms with Crippen molar-refractivity contribution < 1.29 is 4.39 Å². The van der Waals surface area contributed by atoms with Crippen molar-refractivity contribution in [1.29, 1.82) is 0 Å². The highest BCUT2D eigenvalue weighted by Gasteiger charge is 2.05. The van der Waals surface area contributed by atoms with Crippen LogP contribution in [0.5, 0.6) is 0 Å². The molecule has 0 radical (unpaired) electrons. The quantitative estimate of drug-likeness (QED) is 0.715. The van der Waals surface area contributed by atoms with E-state index in [9.17, 15) is 4.39 Å². The Bertz CT molecular complexity index is 482. The molecular formula is C10H5Cl2FN2. The van der Waals surface area contributed by atoms with E-state index < -0.39 is 0 Å². The molecule has 0 bridgehead atoms. The van der Waals surface area contributed by atoms with Crippen molar-refractivity contribution in [3.63, 3.8) is 0 Å². The van der Waals surface area contributed by atoms with Crippen LogP contribution >= 0.6 is 23.2 Å². The zero-order valence-corrected chi connectivity index (χ0v) is 8.93. The molecule has 0 spiro atoms. The summed E-state index contributed by atoms with van der Waals surface area (Å²) in [4.78, 5) is 7.90. The van der Waals surface area contributed by atoms with Crippen molar-refractivity contribution in [2.45, 2.75) is 0 Å². The zero-order valence-electron chi connectivity index (χ0n) is 7.42. The summed E-state index contributed by atoms with van der Waals surface area (Å²) in [6.07, 6.45) is 0. The molecule has 0 aliphatic carbocycles. The second-order valence-corrected chi connectivity index (χ2v) is 3.62. The Labute approximate surface area is 95.7 Å². The minimum absolute atomic E-state index is 0.231. The van der Waals surface area contributed by atoms with E-state index in [2.05, 4.69) is 9.97 Å². The molecule has 0 amide bonds. The molecule has 0 saturated heterocycles. The topological polar surface area (TPSA) is 25.8 Å². The number of aromatic nitrogens is 2. The zero-order chi connectivity index (χ0) is 10.8. The monoisotopic (exact) mass is 242 g/mol. The highest BCUT2D eigenvalue weighted by molar-refractivity contribution is 6.33. The third kappa shape index (κ3) is 2.43. The number of hydrogen-bond acceptors (Lipinski definition) is 2. The Morgan fingerprint density at radius 1 is 1.00 bits per heavy atom. The first-order chi connectivity index (χ1) is 7.15. The van der Waals surface area contributed by atoms with E-state index in [0.717, 1.165) is 0 Å². The van der Waals surface area contributed by atoms with Crippen molar-refractivity contribution in [3.8, 4) is 11.4 Å². The molecular weight excluding hydrogens is 238 g/mol. The fourth-order valence-corrected chi connectivity index (χ4v) is 1.57. The Kier molecular flexibility index (Phi) is 2.84. The molecule has 0 aliphatic heterocycles. The lowest BCUT2D eigenvalue weighted by Gasteiger charge is -2.01. The summed E-state index contributed by atoms with van der Waals surface area (Å²) in [6.45, 7) is 0. The normalized spacial score (nSPS) is 10.3. The Balaban J connectivity index is 2.54. The van der Waals surface area contributed by atoms with Gasteiger partial charge in [-0.05, 0) is 12.1 Å². The standard InChI is InChI=1S/C10H5Cl2FN2/c11-8-5-9(12)15-10(14-8)6-2-1-3-7(13)4-6/h1-5H. The predicted octanol–water partition coefficient (Wildman–Crippen LogP) is 3.59. The number of nitrogens with zero attached hydrogens (tertiary/aromatic N) is 2. The van der Waals surface area contributed by atoms with Crippen molar-refractivity contribution in [3.05, 3.63) is 46.5 Å². The average molecular weight is 243 g/mol. The van der Waals surface area contributed by atoms with Crippen LogP contribution in [-0.4, -0.2) is 9.97 Å². The average Bonchev–Trinajstić information content (AvgIpc) is 2.16. The van der Waals surface area contributed by atoms with Gasteiger partial charge in [0.2, 0.25) is 0 Å². The number of halogens is 3. The maximum Gasteiger partial charge on any atom is 0.162 e. The van der Waals surface area contributed by atoms with Crippen LogP contribution in [0.1, 0.15) is 0 Å². The molecule has 1 aromatic carbocycles. The first-order valence-corrected chi connectivity index (χ1v) is 4.87. The second-order valence-electron chi connectivity index (χ2n) is 2.85. The lowest BCUT2D eigenvalue weighted by Crippen LogP contribution is -1.90. The number of hydrogen-bond donors (Lipinski definition) is 0. The van der Waals surface area contributed by atoms with Gasteiger partial charge in [-0.25, -0.2) is 14.4 Å². The number of benzene rings is 1. The molecule has 1 heterocycles. The van der Waals surface area contributed by atoms with Gasteiger partial charge in [0, 0.05) is 11.6 Å². The molecule has 0 unspecified atom stereocenters. The molecule has 0 N–H and O–H groups in total. The van der Waals surface area contributed by atoms with Crippen LogP contribution < -0.4 is 0 Å². The summed E-state index contributed by atoms with van der Waals surface area (Å²) in [5, 5.41) is 0.462. The van der Waals surface area contributed by atoms with Crippen LogP contribution in [-0.2, 0) is 0 Å². The van der Waals surface area contributed by atoms with E-state index in [1.807, 2.05) is 0 Å². The Morgan fingerprint density at radius 2 is 1.67 bits per heavy atom. The molecule has 15 heavy (non-hydrogen) atoms. The van der Waals surface area contributed by atoms with E-state index in [-0.39, 0.29) is 16.1 Å². The molecule has 1 aromatic heterocycles. The summed E-state index contributed by atoms with van der Waals surface area (Å²) in [6, 6.07) is 7.34. The van der Waals surface area contributed by atoms with E-state index in [0.29, 0.717) is 11.4 Å². The van der Waals surface area contributed by atoms with Crippen molar-refractivity contribution in [2.75, 3.05) is 0 Å². The fraction of sp³-hybridized carbons (Fsp3) is 0. The van der Waals surface area contributed by atoms with Crippen LogP contribution in [0.4, 0.5) is 4.39 Å². The lowest BCUT2D eigenvalue weighted by atomic mass is 10.2. The van der Waals surface area contributed by atoms with Gasteiger partial charge in [0.25, 0.3) is 0 Å². The van der Waals surface area contributed by atoms with Gasteiger partial charge in [-0.3, -0.25) is 0 Å². The molecule has 0 atom stereocenters. The van der Waals surface area contributed by atoms with Crippen LogP contribution in [0.25, 0.3) is 11.4 Å². The van der Waals surface area contributed by atoms with Crippen molar-refractivity contribution >= 4 is 23.2 Å².